The van der Waals surface area contributed by atoms with Crippen molar-refractivity contribution in [2.75, 3.05) is 0 Å². The number of benzene rings is 1. The SMILES string of the molecule is NC(c1ccccc1)C1(C(=O)O)CC1. The van der Waals surface area contributed by atoms with Crippen LogP contribution in [0.4, 0.5) is 0 Å². The first-order chi connectivity index (χ1) is 6.67. The molecular formula is C11H13NO2. The lowest BCUT2D eigenvalue weighted by atomic mass is 9.91. The molecular weight excluding hydrogens is 178 g/mol. The fourth-order valence-electron chi connectivity index (χ4n) is 1.77. The summed E-state index contributed by atoms with van der Waals surface area (Å²) in [6, 6.07) is 9.05. The molecule has 0 amide bonds. The van der Waals surface area contributed by atoms with Crippen LogP contribution in [0.25, 0.3) is 0 Å². The van der Waals surface area contributed by atoms with Gasteiger partial charge in [0.25, 0.3) is 0 Å². The Balaban J connectivity index is 2.25. The van der Waals surface area contributed by atoms with Gasteiger partial charge in [-0.2, -0.15) is 0 Å². The predicted molar refractivity (Wildman–Crippen MR) is 52.7 cm³/mol. The van der Waals surface area contributed by atoms with E-state index in [-0.39, 0.29) is 6.04 Å². The molecule has 1 saturated carbocycles. The van der Waals surface area contributed by atoms with E-state index in [1.807, 2.05) is 30.3 Å². The number of hydrogen-bond acceptors (Lipinski definition) is 2. The summed E-state index contributed by atoms with van der Waals surface area (Å²) in [7, 11) is 0. The quantitative estimate of drug-likeness (QED) is 0.761. The van der Waals surface area contributed by atoms with Crippen molar-refractivity contribution in [2.24, 2.45) is 11.1 Å². The van der Waals surface area contributed by atoms with Gasteiger partial charge in [0.05, 0.1) is 5.41 Å². The molecule has 0 heterocycles. The second kappa shape index (κ2) is 3.10. The van der Waals surface area contributed by atoms with Gasteiger partial charge in [-0.25, -0.2) is 0 Å². The minimum absolute atomic E-state index is 0.374. The molecule has 1 fully saturated rings. The molecule has 0 bridgehead atoms. The van der Waals surface area contributed by atoms with Gasteiger partial charge >= 0.3 is 5.97 Å². The highest BCUT2D eigenvalue weighted by molar-refractivity contribution is 5.79. The highest BCUT2D eigenvalue weighted by Gasteiger charge is 2.55. The van der Waals surface area contributed by atoms with Gasteiger partial charge < -0.3 is 10.8 Å². The summed E-state index contributed by atoms with van der Waals surface area (Å²) in [6.45, 7) is 0. The van der Waals surface area contributed by atoms with Crippen LogP contribution in [0.1, 0.15) is 24.4 Å². The Morgan fingerprint density at radius 1 is 1.36 bits per heavy atom. The molecule has 0 saturated heterocycles. The molecule has 0 aliphatic heterocycles. The predicted octanol–water partition coefficient (Wildman–Crippen LogP) is 1.55. The highest BCUT2D eigenvalue weighted by Crippen LogP contribution is 2.53. The van der Waals surface area contributed by atoms with Crippen molar-refractivity contribution >= 4 is 5.97 Å². The van der Waals surface area contributed by atoms with E-state index in [0.717, 1.165) is 5.56 Å². The summed E-state index contributed by atoms with van der Waals surface area (Å²) in [5, 5.41) is 9.06. The van der Waals surface area contributed by atoms with Gasteiger partial charge in [-0.3, -0.25) is 4.79 Å². The van der Waals surface area contributed by atoms with E-state index >= 15 is 0 Å². The lowest BCUT2D eigenvalue weighted by Gasteiger charge is -2.19. The first kappa shape index (κ1) is 9.21. The Bertz CT molecular complexity index is 344. The van der Waals surface area contributed by atoms with Crippen LogP contribution in [0.3, 0.4) is 0 Å². The molecule has 3 heteroatoms. The zero-order chi connectivity index (χ0) is 10.2. The van der Waals surface area contributed by atoms with Crippen molar-refractivity contribution in [3.8, 4) is 0 Å². The fraction of sp³-hybridized carbons (Fsp3) is 0.364. The van der Waals surface area contributed by atoms with E-state index < -0.39 is 11.4 Å². The average molecular weight is 191 g/mol. The Morgan fingerprint density at radius 2 is 1.93 bits per heavy atom. The summed E-state index contributed by atoms with van der Waals surface area (Å²) in [4.78, 5) is 11.0. The molecule has 2 rings (SSSR count). The molecule has 1 aliphatic rings. The molecule has 3 N–H and O–H groups in total. The van der Waals surface area contributed by atoms with Gasteiger partial charge in [-0.05, 0) is 18.4 Å². The molecule has 14 heavy (non-hydrogen) atoms. The Morgan fingerprint density at radius 3 is 2.36 bits per heavy atom. The van der Waals surface area contributed by atoms with Crippen LogP contribution in [-0.2, 0) is 4.79 Å². The van der Waals surface area contributed by atoms with E-state index in [2.05, 4.69) is 0 Å². The van der Waals surface area contributed by atoms with Crippen molar-refractivity contribution in [2.45, 2.75) is 18.9 Å². The number of aliphatic carboxylic acids is 1. The summed E-state index contributed by atoms with van der Waals surface area (Å²) in [6.07, 6.45) is 1.39. The number of hydrogen-bond donors (Lipinski definition) is 2. The van der Waals surface area contributed by atoms with Gasteiger partial charge in [0.2, 0.25) is 0 Å². The second-order valence-corrected chi connectivity index (χ2v) is 3.85. The molecule has 1 aromatic rings. The van der Waals surface area contributed by atoms with Crippen LogP contribution in [-0.4, -0.2) is 11.1 Å². The van der Waals surface area contributed by atoms with Gasteiger partial charge in [0.1, 0.15) is 0 Å². The first-order valence-electron chi connectivity index (χ1n) is 4.71. The third-order valence-corrected chi connectivity index (χ3v) is 2.97. The topological polar surface area (TPSA) is 63.3 Å². The van der Waals surface area contributed by atoms with E-state index in [1.54, 1.807) is 0 Å². The van der Waals surface area contributed by atoms with E-state index in [9.17, 15) is 4.79 Å². The summed E-state index contributed by atoms with van der Waals surface area (Å²) in [5.74, 6) is -0.770. The maximum atomic E-state index is 11.0. The molecule has 1 aromatic carbocycles. The average Bonchev–Trinajstić information content (AvgIpc) is 2.99. The van der Waals surface area contributed by atoms with Crippen LogP contribution in [0.5, 0.6) is 0 Å². The molecule has 1 unspecified atom stereocenters. The first-order valence-corrected chi connectivity index (χ1v) is 4.71. The highest BCUT2D eigenvalue weighted by atomic mass is 16.4. The number of carbonyl (C=O) groups is 1. The number of nitrogens with two attached hydrogens (primary N) is 1. The lowest BCUT2D eigenvalue weighted by molar-refractivity contribution is -0.144. The third-order valence-electron chi connectivity index (χ3n) is 2.97. The molecule has 3 nitrogen and oxygen atoms in total. The number of carboxylic acids is 1. The molecule has 1 atom stereocenters. The van der Waals surface area contributed by atoms with Crippen molar-refractivity contribution in [3.05, 3.63) is 35.9 Å². The van der Waals surface area contributed by atoms with Crippen LogP contribution in [0, 0.1) is 5.41 Å². The molecule has 1 aliphatic carbocycles. The monoisotopic (exact) mass is 191 g/mol. The third kappa shape index (κ3) is 1.30. The van der Waals surface area contributed by atoms with E-state index in [4.69, 9.17) is 10.8 Å². The molecule has 0 spiro atoms. The van der Waals surface area contributed by atoms with Gasteiger partial charge in [-0.1, -0.05) is 30.3 Å². The lowest BCUT2D eigenvalue weighted by Crippen LogP contribution is -2.29. The summed E-state index contributed by atoms with van der Waals surface area (Å²) < 4.78 is 0. The summed E-state index contributed by atoms with van der Waals surface area (Å²) >= 11 is 0. The fourth-order valence-corrected chi connectivity index (χ4v) is 1.77. The van der Waals surface area contributed by atoms with E-state index in [1.165, 1.54) is 0 Å². The standard InChI is InChI=1S/C11H13NO2/c12-9(8-4-2-1-3-5-8)11(6-7-11)10(13)14/h1-5,9H,6-7,12H2,(H,13,14). The maximum absolute atomic E-state index is 11.0. The van der Waals surface area contributed by atoms with Gasteiger partial charge in [-0.15, -0.1) is 0 Å². The van der Waals surface area contributed by atoms with Crippen molar-refractivity contribution in [1.29, 1.82) is 0 Å². The van der Waals surface area contributed by atoms with E-state index in [0.29, 0.717) is 12.8 Å². The molecule has 74 valence electrons. The molecule has 0 aromatic heterocycles. The zero-order valence-corrected chi connectivity index (χ0v) is 7.81. The Hall–Kier alpha value is -1.35. The summed E-state index contributed by atoms with van der Waals surface area (Å²) in [5.41, 5.74) is 6.17. The van der Waals surface area contributed by atoms with Crippen molar-refractivity contribution < 1.29 is 9.90 Å². The van der Waals surface area contributed by atoms with Crippen LogP contribution >= 0.6 is 0 Å². The largest absolute Gasteiger partial charge is 0.481 e. The zero-order valence-electron chi connectivity index (χ0n) is 7.81. The van der Waals surface area contributed by atoms with Gasteiger partial charge in [0.15, 0.2) is 0 Å². The van der Waals surface area contributed by atoms with Crippen LogP contribution in [0.15, 0.2) is 30.3 Å². The van der Waals surface area contributed by atoms with Crippen molar-refractivity contribution in [3.63, 3.8) is 0 Å². The second-order valence-electron chi connectivity index (χ2n) is 3.85. The van der Waals surface area contributed by atoms with Crippen LogP contribution < -0.4 is 5.73 Å². The van der Waals surface area contributed by atoms with Crippen LogP contribution in [0.2, 0.25) is 0 Å². The molecule has 0 radical (unpaired) electrons. The normalized spacial score (nSPS) is 20.1. The van der Waals surface area contributed by atoms with Crippen molar-refractivity contribution in [1.82, 2.24) is 0 Å². The smallest absolute Gasteiger partial charge is 0.311 e. The Kier molecular flexibility index (Phi) is 2.04. The Labute approximate surface area is 82.5 Å². The number of rotatable bonds is 3. The minimum atomic E-state index is -0.770. The minimum Gasteiger partial charge on any atom is -0.481 e. The maximum Gasteiger partial charge on any atom is 0.311 e. The van der Waals surface area contributed by atoms with Gasteiger partial charge in [0, 0.05) is 6.04 Å². The number of carboxylic acid groups (broad SMARTS) is 1.